The summed E-state index contributed by atoms with van der Waals surface area (Å²) in [5.74, 6) is 2.06. The van der Waals surface area contributed by atoms with Crippen LogP contribution in [0.5, 0.6) is 5.75 Å². The van der Waals surface area contributed by atoms with Crippen molar-refractivity contribution >= 4 is 0 Å². The molecule has 0 saturated heterocycles. The third-order valence-electron chi connectivity index (χ3n) is 5.63. The van der Waals surface area contributed by atoms with Crippen molar-refractivity contribution in [1.82, 2.24) is 0 Å². The summed E-state index contributed by atoms with van der Waals surface area (Å²) in [5.41, 5.74) is 3.00. The number of nitrogens with zero attached hydrogens (tertiary/aromatic N) is 1. The Morgan fingerprint density at radius 2 is 1.45 bits per heavy atom. The van der Waals surface area contributed by atoms with Crippen molar-refractivity contribution in [2.24, 2.45) is 11.3 Å². The van der Waals surface area contributed by atoms with Gasteiger partial charge in [0.15, 0.2) is 0 Å². The molecule has 0 aliphatic carbocycles. The minimum atomic E-state index is 0. The molecule has 0 heterocycles. The van der Waals surface area contributed by atoms with E-state index in [9.17, 15) is 0 Å². The van der Waals surface area contributed by atoms with Crippen LogP contribution in [0.15, 0.2) is 54.6 Å². The molecule has 2 rings (SSSR count). The molecule has 0 aliphatic heterocycles. The van der Waals surface area contributed by atoms with Crippen LogP contribution in [0, 0.1) is 11.3 Å². The molecular weight excluding hydrogens is 406 g/mol. The highest BCUT2D eigenvalue weighted by molar-refractivity contribution is 5.30. The van der Waals surface area contributed by atoms with E-state index >= 15 is 0 Å². The van der Waals surface area contributed by atoms with Crippen LogP contribution >= 0.6 is 0 Å². The van der Waals surface area contributed by atoms with E-state index in [1.165, 1.54) is 11.1 Å². The zero-order chi connectivity index (χ0) is 22.2. The van der Waals surface area contributed by atoms with Crippen LogP contribution in [0.4, 0.5) is 0 Å². The monoisotopic (exact) mass is 447 g/mol. The summed E-state index contributed by atoms with van der Waals surface area (Å²) in [6.07, 6.45) is 0. The molecule has 1 unspecified atom stereocenters. The van der Waals surface area contributed by atoms with Crippen molar-refractivity contribution in [2.45, 2.75) is 47.1 Å². The van der Waals surface area contributed by atoms with Crippen LogP contribution in [-0.4, -0.2) is 44.9 Å². The molecule has 0 bridgehead atoms. The van der Waals surface area contributed by atoms with Gasteiger partial charge in [-0.05, 0) is 34.9 Å². The maximum Gasteiger partial charge on any atom is 0.119 e. The van der Waals surface area contributed by atoms with E-state index in [1.54, 1.807) is 0 Å². The van der Waals surface area contributed by atoms with Crippen molar-refractivity contribution in [3.05, 3.63) is 65.7 Å². The van der Waals surface area contributed by atoms with Gasteiger partial charge >= 0.3 is 0 Å². The number of halogens is 1. The van der Waals surface area contributed by atoms with Crippen LogP contribution < -0.4 is 17.1 Å². The molecule has 3 nitrogen and oxygen atoms in total. The van der Waals surface area contributed by atoms with Gasteiger partial charge in [-0.15, -0.1) is 0 Å². The highest BCUT2D eigenvalue weighted by atomic mass is 35.5. The average Bonchev–Trinajstić information content (AvgIpc) is 2.65. The zero-order valence-corrected chi connectivity index (χ0v) is 21.3. The predicted molar refractivity (Wildman–Crippen MR) is 127 cm³/mol. The molecule has 0 radical (unpaired) electrons. The maximum absolute atomic E-state index is 5.88. The van der Waals surface area contributed by atoms with Crippen LogP contribution in [0.25, 0.3) is 0 Å². The average molecular weight is 448 g/mol. The highest BCUT2D eigenvalue weighted by Gasteiger charge is 2.28. The number of hydrogen-bond acceptors (Lipinski definition) is 2. The lowest BCUT2D eigenvalue weighted by atomic mass is 9.70. The van der Waals surface area contributed by atoms with Gasteiger partial charge in [-0.2, -0.15) is 0 Å². The summed E-state index contributed by atoms with van der Waals surface area (Å²) in [6, 6.07) is 19.3. The molecule has 4 heteroatoms. The quantitative estimate of drug-likeness (QED) is 0.389. The second-order valence-corrected chi connectivity index (χ2v) is 10.4. The van der Waals surface area contributed by atoms with E-state index in [0.717, 1.165) is 29.9 Å². The molecule has 0 saturated carbocycles. The van der Waals surface area contributed by atoms with Gasteiger partial charge in [0.05, 0.1) is 27.3 Å². The molecule has 0 aliphatic rings. The predicted octanol–water partition coefficient (Wildman–Crippen LogP) is 3.15. The fraction of sp³-hybridized carbons (Fsp3) is 0.556. The minimum absolute atomic E-state index is 0. The fourth-order valence-electron chi connectivity index (χ4n) is 4.45. The number of quaternary nitrogens is 1. The van der Waals surface area contributed by atoms with E-state index in [1.807, 2.05) is 0 Å². The normalized spacial score (nSPS) is 13.0. The van der Waals surface area contributed by atoms with Crippen molar-refractivity contribution in [2.75, 3.05) is 40.5 Å². The first-order chi connectivity index (χ1) is 14.1. The Bertz CT molecular complexity index is 736. The number of benzene rings is 2. The zero-order valence-electron chi connectivity index (χ0n) is 20.5. The highest BCUT2D eigenvalue weighted by Crippen LogP contribution is 2.40. The lowest BCUT2D eigenvalue weighted by Gasteiger charge is -2.34. The third-order valence-corrected chi connectivity index (χ3v) is 5.63. The lowest BCUT2D eigenvalue weighted by molar-refractivity contribution is -0.904. The van der Waals surface area contributed by atoms with Crippen LogP contribution in [0.1, 0.15) is 51.7 Å². The summed E-state index contributed by atoms with van der Waals surface area (Å²) in [7, 11) is 4.49. The lowest BCUT2D eigenvalue weighted by Crippen LogP contribution is -3.00. The molecule has 0 amide bonds. The van der Waals surface area contributed by atoms with Gasteiger partial charge in [-0.25, -0.2) is 0 Å². The molecule has 174 valence electrons. The van der Waals surface area contributed by atoms with Crippen molar-refractivity contribution in [1.29, 1.82) is 0 Å². The third kappa shape index (κ3) is 9.64. The minimum Gasteiger partial charge on any atom is -1.00 e. The van der Waals surface area contributed by atoms with Gasteiger partial charge < -0.3 is 26.4 Å². The molecule has 31 heavy (non-hydrogen) atoms. The molecule has 2 aromatic rings. The Morgan fingerprint density at radius 1 is 0.839 bits per heavy atom. The number of hydrogen-bond donors (Lipinski definition) is 0. The number of likely N-dealkylation sites (N-methyl/N-ethyl adjacent to an activating group) is 1. The molecule has 2 aromatic carbocycles. The van der Waals surface area contributed by atoms with Crippen molar-refractivity contribution < 1.29 is 26.4 Å². The number of rotatable bonds is 11. The summed E-state index contributed by atoms with van der Waals surface area (Å²) in [4.78, 5) is 0. The van der Waals surface area contributed by atoms with Gasteiger partial charge in [-0.1, -0.05) is 77.1 Å². The van der Waals surface area contributed by atoms with Gasteiger partial charge in [0.25, 0.3) is 0 Å². The molecule has 0 aromatic heterocycles. The van der Waals surface area contributed by atoms with Crippen molar-refractivity contribution in [3.8, 4) is 5.75 Å². The molecule has 0 spiro atoms. The summed E-state index contributed by atoms with van der Waals surface area (Å²) >= 11 is 0. The standard InChI is InChI=1S/C27H42NO2.ClH/c1-22(2)26(27(3,4)5)24-13-15-25(16-14-24)30-20-19-29-18-17-28(6,7)21-23-11-9-8-10-12-23;/h8-16,22,26H,17-21H2,1-7H3;1H/q+1;/p-1. The first-order valence-electron chi connectivity index (χ1n) is 11.2. The fourth-order valence-corrected chi connectivity index (χ4v) is 4.45. The van der Waals surface area contributed by atoms with Crippen LogP contribution in [0.2, 0.25) is 0 Å². The van der Waals surface area contributed by atoms with Gasteiger partial charge in [0.2, 0.25) is 0 Å². The first-order valence-corrected chi connectivity index (χ1v) is 11.2. The SMILES string of the molecule is CC(C)C(c1ccc(OCCOCC[N+](C)(C)Cc2ccccc2)cc1)C(C)(C)C.[Cl-]. The Morgan fingerprint density at radius 3 is 2.00 bits per heavy atom. The van der Waals surface area contributed by atoms with E-state index in [2.05, 4.69) is 103 Å². The van der Waals surface area contributed by atoms with Crippen LogP contribution in [0.3, 0.4) is 0 Å². The topological polar surface area (TPSA) is 18.5 Å². The largest absolute Gasteiger partial charge is 1.00 e. The van der Waals surface area contributed by atoms with Gasteiger partial charge in [0, 0.05) is 5.56 Å². The Labute approximate surface area is 196 Å². The molecule has 1 atom stereocenters. The molecular formula is C27H42ClNO2. The van der Waals surface area contributed by atoms with E-state index in [0.29, 0.717) is 25.0 Å². The van der Waals surface area contributed by atoms with E-state index in [4.69, 9.17) is 9.47 Å². The van der Waals surface area contributed by atoms with Crippen LogP contribution in [-0.2, 0) is 11.3 Å². The van der Waals surface area contributed by atoms with Gasteiger partial charge in [0.1, 0.15) is 25.4 Å². The summed E-state index contributed by atoms with van der Waals surface area (Å²) in [5, 5.41) is 0. The van der Waals surface area contributed by atoms with Gasteiger partial charge in [-0.3, -0.25) is 0 Å². The second kappa shape index (κ2) is 12.5. The number of ether oxygens (including phenoxy) is 2. The van der Waals surface area contributed by atoms with E-state index in [-0.39, 0.29) is 17.8 Å². The Kier molecular flexibility index (Phi) is 11.1. The Hall–Kier alpha value is -1.55. The molecule has 0 N–H and O–H groups in total. The van der Waals surface area contributed by atoms with E-state index < -0.39 is 0 Å². The smallest absolute Gasteiger partial charge is 0.119 e. The second-order valence-electron chi connectivity index (χ2n) is 10.4. The maximum atomic E-state index is 5.88. The summed E-state index contributed by atoms with van der Waals surface area (Å²) < 4.78 is 12.6. The molecule has 0 fully saturated rings. The summed E-state index contributed by atoms with van der Waals surface area (Å²) in [6.45, 7) is 15.5. The first kappa shape index (κ1) is 27.5. The van der Waals surface area contributed by atoms with Crippen molar-refractivity contribution in [3.63, 3.8) is 0 Å². The Balaban J connectivity index is 0.00000480.